The van der Waals surface area contributed by atoms with Crippen LogP contribution in [0.25, 0.3) is 11.5 Å². The number of aromatic nitrogens is 2. The summed E-state index contributed by atoms with van der Waals surface area (Å²) in [5.41, 5.74) is 1.46. The smallest absolute Gasteiger partial charge is 0.257 e. The molecule has 1 atom stereocenters. The van der Waals surface area contributed by atoms with Crippen molar-refractivity contribution < 1.29 is 4.52 Å². The van der Waals surface area contributed by atoms with Crippen molar-refractivity contribution >= 4 is 11.8 Å². The van der Waals surface area contributed by atoms with Crippen LogP contribution in [0.3, 0.4) is 0 Å². The molecule has 0 spiro atoms. The Kier molecular flexibility index (Phi) is 4.58. The lowest BCUT2D eigenvalue weighted by Gasteiger charge is -2.04. The molecule has 1 unspecified atom stereocenters. The second-order valence-electron chi connectivity index (χ2n) is 4.23. The molecule has 2 rings (SSSR count). The zero-order valence-electron chi connectivity index (χ0n) is 11.0. The van der Waals surface area contributed by atoms with Gasteiger partial charge in [0.2, 0.25) is 0 Å². The standard InChI is InChI=1S/C14H15N3OS/c1-3-10(2)19-9-13-16-14(18-17-13)12-6-4-11(8-15)5-7-12/h4-7,10H,3,9H2,1-2H3. The maximum absolute atomic E-state index is 8.74. The van der Waals surface area contributed by atoms with Gasteiger partial charge >= 0.3 is 0 Å². The Hall–Kier alpha value is -1.80. The molecule has 0 fully saturated rings. The Morgan fingerprint density at radius 2 is 2.11 bits per heavy atom. The first-order valence-corrected chi connectivity index (χ1v) is 7.22. The number of thioether (sulfide) groups is 1. The van der Waals surface area contributed by atoms with E-state index in [1.165, 1.54) is 0 Å². The first-order chi connectivity index (χ1) is 9.22. The lowest BCUT2D eigenvalue weighted by molar-refractivity contribution is 0.425. The molecule has 1 aromatic carbocycles. The lowest BCUT2D eigenvalue weighted by atomic mass is 10.1. The van der Waals surface area contributed by atoms with Crippen LogP contribution in [0.4, 0.5) is 0 Å². The van der Waals surface area contributed by atoms with E-state index in [1.807, 2.05) is 23.9 Å². The molecule has 0 aliphatic rings. The second kappa shape index (κ2) is 6.39. The Morgan fingerprint density at radius 3 is 2.74 bits per heavy atom. The van der Waals surface area contributed by atoms with Crippen molar-refractivity contribution in [3.8, 4) is 17.5 Å². The molecule has 98 valence electrons. The number of nitriles is 1. The van der Waals surface area contributed by atoms with E-state index in [4.69, 9.17) is 9.78 Å². The summed E-state index contributed by atoms with van der Waals surface area (Å²) in [6, 6.07) is 9.20. The summed E-state index contributed by atoms with van der Waals surface area (Å²) in [4.78, 5) is 4.36. The lowest BCUT2D eigenvalue weighted by Crippen LogP contribution is -1.94. The fourth-order valence-electron chi connectivity index (χ4n) is 1.45. The Balaban J connectivity index is 2.05. The third-order valence-corrected chi connectivity index (χ3v) is 4.13. The van der Waals surface area contributed by atoms with E-state index in [-0.39, 0.29) is 0 Å². The van der Waals surface area contributed by atoms with Crippen LogP contribution in [0.1, 0.15) is 31.7 Å². The van der Waals surface area contributed by atoms with Crippen LogP contribution in [-0.2, 0) is 5.75 Å². The van der Waals surface area contributed by atoms with Crippen molar-refractivity contribution in [3.05, 3.63) is 35.7 Å². The summed E-state index contributed by atoms with van der Waals surface area (Å²) >= 11 is 1.82. The molecule has 0 N–H and O–H groups in total. The summed E-state index contributed by atoms with van der Waals surface area (Å²) in [7, 11) is 0. The molecule has 4 nitrogen and oxygen atoms in total. The van der Waals surface area contributed by atoms with Gasteiger partial charge in [-0.05, 0) is 30.7 Å². The van der Waals surface area contributed by atoms with Crippen LogP contribution in [0.5, 0.6) is 0 Å². The fourth-order valence-corrected chi connectivity index (χ4v) is 2.24. The van der Waals surface area contributed by atoms with Gasteiger partial charge < -0.3 is 4.52 Å². The van der Waals surface area contributed by atoms with Gasteiger partial charge in [-0.15, -0.1) is 0 Å². The zero-order valence-corrected chi connectivity index (χ0v) is 11.8. The molecule has 0 saturated carbocycles. The minimum absolute atomic E-state index is 0.504. The Labute approximate surface area is 116 Å². The maximum atomic E-state index is 8.74. The van der Waals surface area contributed by atoms with E-state index in [0.717, 1.165) is 17.7 Å². The van der Waals surface area contributed by atoms with Gasteiger partial charge in [-0.2, -0.15) is 22.0 Å². The van der Waals surface area contributed by atoms with Crippen molar-refractivity contribution in [1.82, 2.24) is 10.1 Å². The molecule has 1 heterocycles. The van der Waals surface area contributed by atoms with Crippen LogP contribution in [0.15, 0.2) is 28.8 Å². The van der Waals surface area contributed by atoms with Crippen LogP contribution in [0.2, 0.25) is 0 Å². The number of hydrogen-bond donors (Lipinski definition) is 0. The summed E-state index contributed by atoms with van der Waals surface area (Å²) < 4.78 is 5.23. The predicted octanol–water partition coefficient (Wildman–Crippen LogP) is 3.64. The summed E-state index contributed by atoms with van der Waals surface area (Å²) in [5.74, 6) is 1.98. The third-order valence-electron chi connectivity index (χ3n) is 2.80. The largest absolute Gasteiger partial charge is 0.334 e. The molecule has 0 amide bonds. The maximum Gasteiger partial charge on any atom is 0.257 e. The Bertz CT molecular complexity index is 571. The van der Waals surface area contributed by atoms with E-state index in [2.05, 4.69) is 30.1 Å². The van der Waals surface area contributed by atoms with E-state index >= 15 is 0 Å². The van der Waals surface area contributed by atoms with E-state index < -0.39 is 0 Å². The predicted molar refractivity (Wildman–Crippen MR) is 75.5 cm³/mol. The molecule has 19 heavy (non-hydrogen) atoms. The minimum Gasteiger partial charge on any atom is -0.334 e. The highest BCUT2D eigenvalue weighted by molar-refractivity contribution is 7.99. The third kappa shape index (κ3) is 3.58. The molecule has 0 bridgehead atoms. The van der Waals surface area contributed by atoms with E-state index in [0.29, 0.717) is 22.5 Å². The normalized spacial score (nSPS) is 12.1. The average molecular weight is 273 g/mol. The molecule has 5 heteroatoms. The van der Waals surface area contributed by atoms with Gasteiger partial charge in [0.15, 0.2) is 5.82 Å². The topological polar surface area (TPSA) is 62.7 Å². The number of rotatable bonds is 5. The van der Waals surface area contributed by atoms with Gasteiger partial charge in [-0.25, -0.2) is 0 Å². The highest BCUT2D eigenvalue weighted by atomic mass is 32.2. The Morgan fingerprint density at radius 1 is 1.37 bits per heavy atom. The van der Waals surface area contributed by atoms with Crippen molar-refractivity contribution in [1.29, 1.82) is 5.26 Å². The van der Waals surface area contributed by atoms with E-state index in [9.17, 15) is 0 Å². The highest BCUT2D eigenvalue weighted by Crippen LogP contribution is 2.21. The molecule has 0 aliphatic heterocycles. The first-order valence-electron chi connectivity index (χ1n) is 6.17. The van der Waals surface area contributed by atoms with Crippen molar-refractivity contribution in [3.63, 3.8) is 0 Å². The SMILES string of the molecule is CCC(C)SCc1noc(-c2ccc(C#N)cc2)n1. The van der Waals surface area contributed by atoms with Gasteiger partial charge in [-0.1, -0.05) is 19.0 Å². The molecule has 0 saturated heterocycles. The quantitative estimate of drug-likeness (QED) is 0.832. The van der Waals surface area contributed by atoms with Gasteiger partial charge in [0.1, 0.15) is 0 Å². The summed E-state index contributed by atoms with van der Waals surface area (Å²) in [6.45, 7) is 4.35. The second-order valence-corrected chi connectivity index (χ2v) is 5.66. The van der Waals surface area contributed by atoms with Crippen LogP contribution in [0, 0.1) is 11.3 Å². The monoisotopic (exact) mass is 273 g/mol. The molecule has 2 aromatic rings. The number of nitrogens with zero attached hydrogens (tertiary/aromatic N) is 3. The summed E-state index contributed by atoms with van der Waals surface area (Å²) in [5, 5.41) is 13.3. The van der Waals surface area contributed by atoms with Crippen LogP contribution in [-0.4, -0.2) is 15.4 Å². The molecule has 0 radical (unpaired) electrons. The van der Waals surface area contributed by atoms with Gasteiger partial charge in [0.25, 0.3) is 5.89 Å². The van der Waals surface area contributed by atoms with Gasteiger partial charge in [-0.3, -0.25) is 0 Å². The van der Waals surface area contributed by atoms with Crippen molar-refractivity contribution in [2.45, 2.75) is 31.3 Å². The van der Waals surface area contributed by atoms with Gasteiger partial charge in [0.05, 0.1) is 17.4 Å². The number of benzene rings is 1. The molecule has 1 aromatic heterocycles. The molecular formula is C14H15N3OS. The summed E-state index contributed by atoms with van der Waals surface area (Å²) in [6.07, 6.45) is 1.13. The van der Waals surface area contributed by atoms with Crippen molar-refractivity contribution in [2.24, 2.45) is 0 Å². The molecular weight excluding hydrogens is 258 g/mol. The number of hydrogen-bond acceptors (Lipinski definition) is 5. The minimum atomic E-state index is 0.504. The van der Waals surface area contributed by atoms with Gasteiger partial charge in [0, 0.05) is 10.8 Å². The molecule has 0 aliphatic carbocycles. The highest BCUT2D eigenvalue weighted by Gasteiger charge is 2.10. The van der Waals surface area contributed by atoms with Crippen LogP contribution >= 0.6 is 11.8 Å². The first kappa shape index (κ1) is 13.6. The van der Waals surface area contributed by atoms with Crippen LogP contribution < -0.4 is 0 Å². The van der Waals surface area contributed by atoms with Crippen molar-refractivity contribution in [2.75, 3.05) is 0 Å². The fraction of sp³-hybridized carbons (Fsp3) is 0.357. The van der Waals surface area contributed by atoms with E-state index in [1.54, 1.807) is 12.1 Å². The average Bonchev–Trinajstić information content (AvgIpc) is 2.93. The zero-order chi connectivity index (χ0) is 13.7.